The second-order valence-corrected chi connectivity index (χ2v) is 2.79. The minimum Gasteiger partial charge on any atom is -0.481 e. The van der Waals surface area contributed by atoms with Gasteiger partial charge in [-0.25, -0.2) is 9.97 Å². The standard InChI is InChI=1S/C8H12N4O2/c1-10-8-11-3-5(4-12-8)6(9)2-7(13)14/h3-4,6H,2,9H2,1H3,(H,13,14)(H,10,11,12)/t6-/m1/s1. The summed E-state index contributed by atoms with van der Waals surface area (Å²) in [7, 11) is 1.70. The second kappa shape index (κ2) is 4.52. The molecule has 0 amide bonds. The van der Waals surface area contributed by atoms with E-state index in [2.05, 4.69) is 15.3 Å². The Hall–Kier alpha value is -1.69. The monoisotopic (exact) mass is 196 g/mol. The van der Waals surface area contributed by atoms with Gasteiger partial charge in [0.25, 0.3) is 0 Å². The summed E-state index contributed by atoms with van der Waals surface area (Å²) < 4.78 is 0. The van der Waals surface area contributed by atoms with Gasteiger partial charge < -0.3 is 16.2 Å². The summed E-state index contributed by atoms with van der Waals surface area (Å²) in [5, 5.41) is 11.3. The van der Waals surface area contributed by atoms with Crippen LogP contribution in [-0.2, 0) is 4.79 Å². The Balaban J connectivity index is 2.71. The lowest BCUT2D eigenvalue weighted by atomic mass is 10.1. The van der Waals surface area contributed by atoms with Crippen LogP contribution in [0.15, 0.2) is 12.4 Å². The van der Waals surface area contributed by atoms with Gasteiger partial charge >= 0.3 is 5.97 Å². The zero-order valence-electron chi connectivity index (χ0n) is 7.77. The van der Waals surface area contributed by atoms with E-state index in [-0.39, 0.29) is 6.42 Å². The quantitative estimate of drug-likeness (QED) is 0.626. The highest BCUT2D eigenvalue weighted by Gasteiger charge is 2.11. The Bertz CT molecular complexity index is 312. The first-order valence-electron chi connectivity index (χ1n) is 4.10. The van der Waals surface area contributed by atoms with E-state index < -0.39 is 12.0 Å². The molecule has 0 bridgehead atoms. The van der Waals surface area contributed by atoms with Crippen molar-refractivity contribution in [2.75, 3.05) is 12.4 Å². The highest BCUT2D eigenvalue weighted by Crippen LogP contribution is 2.12. The number of aromatic nitrogens is 2. The largest absolute Gasteiger partial charge is 0.481 e. The van der Waals surface area contributed by atoms with Crippen molar-refractivity contribution in [2.45, 2.75) is 12.5 Å². The number of aliphatic carboxylic acids is 1. The van der Waals surface area contributed by atoms with Crippen molar-refractivity contribution in [2.24, 2.45) is 5.73 Å². The second-order valence-electron chi connectivity index (χ2n) is 2.79. The first kappa shape index (κ1) is 10.4. The predicted octanol–water partition coefficient (Wildman–Crippen LogP) is -0.00720. The number of carboxylic acids is 1. The smallest absolute Gasteiger partial charge is 0.305 e. The van der Waals surface area contributed by atoms with Crippen LogP contribution >= 0.6 is 0 Å². The van der Waals surface area contributed by atoms with E-state index in [1.807, 2.05) is 0 Å². The molecule has 0 unspecified atom stereocenters. The Morgan fingerprint density at radius 2 is 2.21 bits per heavy atom. The third-order valence-electron chi connectivity index (χ3n) is 1.72. The molecule has 0 aliphatic heterocycles. The minimum absolute atomic E-state index is 0.123. The number of hydrogen-bond donors (Lipinski definition) is 3. The van der Waals surface area contributed by atoms with Crippen molar-refractivity contribution < 1.29 is 9.90 Å². The molecule has 1 aromatic heterocycles. The molecule has 0 aromatic carbocycles. The van der Waals surface area contributed by atoms with Crippen LogP contribution in [0.3, 0.4) is 0 Å². The molecule has 0 spiro atoms. The van der Waals surface area contributed by atoms with Crippen LogP contribution in [0.4, 0.5) is 5.95 Å². The Labute approximate surface area is 81.2 Å². The SMILES string of the molecule is CNc1ncc([C@H](N)CC(=O)O)cn1. The van der Waals surface area contributed by atoms with Gasteiger partial charge in [0.1, 0.15) is 0 Å². The highest BCUT2D eigenvalue weighted by molar-refractivity contribution is 5.67. The summed E-state index contributed by atoms with van der Waals surface area (Å²) in [4.78, 5) is 18.2. The average Bonchev–Trinajstić information content (AvgIpc) is 2.17. The lowest BCUT2D eigenvalue weighted by molar-refractivity contribution is -0.137. The molecule has 0 aliphatic rings. The van der Waals surface area contributed by atoms with Crippen molar-refractivity contribution in [1.29, 1.82) is 0 Å². The fraction of sp³-hybridized carbons (Fsp3) is 0.375. The maximum Gasteiger partial charge on any atom is 0.305 e. The lowest BCUT2D eigenvalue weighted by Gasteiger charge is -2.08. The summed E-state index contributed by atoms with van der Waals surface area (Å²) in [6.07, 6.45) is 2.92. The fourth-order valence-electron chi connectivity index (χ4n) is 0.965. The van der Waals surface area contributed by atoms with E-state index >= 15 is 0 Å². The summed E-state index contributed by atoms with van der Waals surface area (Å²) in [6, 6.07) is -0.557. The molecule has 76 valence electrons. The molecule has 0 radical (unpaired) electrons. The van der Waals surface area contributed by atoms with Gasteiger partial charge in [-0.15, -0.1) is 0 Å². The molecule has 0 aliphatic carbocycles. The molecule has 6 nitrogen and oxygen atoms in total. The van der Waals surface area contributed by atoms with Crippen LogP contribution in [-0.4, -0.2) is 28.1 Å². The molecule has 4 N–H and O–H groups in total. The number of nitrogens with two attached hydrogens (primary N) is 1. The van der Waals surface area contributed by atoms with Crippen molar-refractivity contribution in [3.63, 3.8) is 0 Å². The molecule has 14 heavy (non-hydrogen) atoms. The number of carboxylic acid groups (broad SMARTS) is 1. The van der Waals surface area contributed by atoms with Crippen LogP contribution in [0.1, 0.15) is 18.0 Å². The third-order valence-corrected chi connectivity index (χ3v) is 1.72. The summed E-state index contributed by atoms with van der Waals surface area (Å²) in [5.41, 5.74) is 6.22. The van der Waals surface area contributed by atoms with Gasteiger partial charge in [0, 0.05) is 31.0 Å². The van der Waals surface area contributed by atoms with Crippen molar-refractivity contribution in [3.8, 4) is 0 Å². The van der Waals surface area contributed by atoms with Gasteiger partial charge in [-0.2, -0.15) is 0 Å². The van der Waals surface area contributed by atoms with Crippen LogP contribution in [0.2, 0.25) is 0 Å². The number of nitrogens with zero attached hydrogens (tertiary/aromatic N) is 2. The Morgan fingerprint density at radius 3 is 2.64 bits per heavy atom. The van der Waals surface area contributed by atoms with E-state index in [4.69, 9.17) is 10.8 Å². The van der Waals surface area contributed by atoms with Gasteiger partial charge in [-0.1, -0.05) is 0 Å². The summed E-state index contributed by atoms with van der Waals surface area (Å²) in [5.74, 6) is -0.452. The molecule has 0 saturated heterocycles. The molecule has 1 aromatic rings. The Morgan fingerprint density at radius 1 is 1.64 bits per heavy atom. The van der Waals surface area contributed by atoms with Crippen LogP contribution in [0, 0.1) is 0 Å². The zero-order valence-corrected chi connectivity index (χ0v) is 7.77. The van der Waals surface area contributed by atoms with Gasteiger partial charge in [-0.3, -0.25) is 4.79 Å². The third kappa shape index (κ3) is 2.67. The molecular weight excluding hydrogens is 184 g/mol. The van der Waals surface area contributed by atoms with E-state index in [0.29, 0.717) is 11.5 Å². The first-order valence-corrected chi connectivity index (χ1v) is 4.10. The van der Waals surface area contributed by atoms with E-state index in [1.165, 1.54) is 12.4 Å². The zero-order chi connectivity index (χ0) is 10.6. The summed E-state index contributed by atoms with van der Waals surface area (Å²) in [6.45, 7) is 0. The van der Waals surface area contributed by atoms with Crippen LogP contribution < -0.4 is 11.1 Å². The topological polar surface area (TPSA) is 101 Å². The molecule has 1 atom stereocenters. The summed E-state index contributed by atoms with van der Waals surface area (Å²) >= 11 is 0. The Kier molecular flexibility index (Phi) is 3.35. The molecule has 0 fully saturated rings. The normalized spacial score (nSPS) is 12.1. The van der Waals surface area contributed by atoms with E-state index in [9.17, 15) is 4.79 Å². The number of carbonyl (C=O) groups is 1. The van der Waals surface area contributed by atoms with E-state index in [0.717, 1.165) is 0 Å². The minimum atomic E-state index is -0.935. The van der Waals surface area contributed by atoms with Crippen LogP contribution in [0.5, 0.6) is 0 Å². The number of nitrogens with one attached hydrogen (secondary N) is 1. The maximum absolute atomic E-state index is 10.4. The molecular formula is C8H12N4O2. The van der Waals surface area contributed by atoms with Gasteiger partial charge in [0.05, 0.1) is 6.42 Å². The van der Waals surface area contributed by atoms with E-state index in [1.54, 1.807) is 7.05 Å². The lowest BCUT2D eigenvalue weighted by Crippen LogP contribution is -2.15. The molecule has 6 heteroatoms. The average molecular weight is 196 g/mol. The van der Waals surface area contributed by atoms with Crippen molar-refractivity contribution in [1.82, 2.24) is 9.97 Å². The van der Waals surface area contributed by atoms with Gasteiger partial charge in [0.15, 0.2) is 0 Å². The van der Waals surface area contributed by atoms with Crippen LogP contribution in [0.25, 0.3) is 0 Å². The predicted molar refractivity (Wildman–Crippen MR) is 50.8 cm³/mol. The molecule has 1 rings (SSSR count). The number of hydrogen-bond acceptors (Lipinski definition) is 5. The number of rotatable bonds is 4. The molecule has 1 heterocycles. The fourth-order valence-corrected chi connectivity index (χ4v) is 0.965. The van der Waals surface area contributed by atoms with Crippen molar-refractivity contribution >= 4 is 11.9 Å². The van der Waals surface area contributed by atoms with Gasteiger partial charge in [-0.05, 0) is 0 Å². The van der Waals surface area contributed by atoms with Gasteiger partial charge in [0.2, 0.25) is 5.95 Å². The number of anilines is 1. The highest BCUT2D eigenvalue weighted by atomic mass is 16.4. The molecule has 0 saturated carbocycles. The van der Waals surface area contributed by atoms with Crippen molar-refractivity contribution in [3.05, 3.63) is 18.0 Å². The first-order chi connectivity index (χ1) is 6.63. The maximum atomic E-state index is 10.4.